The number of rotatable bonds is 4. The fourth-order valence-corrected chi connectivity index (χ4v) is 6.98. The van der Waals surface area contributed by atoms with Crippen LogP contribution in [0.2, 0.25) is 0 Å². The molecule has 2 aromatic rings. The Kier molecular flexibility index (Phi) is 6.58. The summed E-state index contributed by atoms with van der Waals surface area (Å²) in [5.41, 5.74) is 0.264. The highest BCUT2D eigenvalue weighted by atomic mass is 19.4. The standard InChI is InChI=1S/C29H31F3N2O5/c30-29(31,32)22-4-5-24-21(13-22)16-34(17-39-24)27(37)28-8-11-38-25(28)14-23(15-28)33-9-6-18(7-10-33)19-2-1-3-20(12-19)26(35)36/h1-5,12-13,18,23,25H,6-11,14-17H2,(H,35,36)/t23-,25-,28-/m1/s1. The Hall–Kier alpha value is -3.11. The van der Waals surface area contributed by atoms with Gasteiger partial charge in [-0.1, -0.05) is 12.1 Å². The number of nitrogens with zero attached hydrogens (tertiary/aromatic N) is 2. The number of carboxylic acids is 1. The first-order chi connectivity index (χ1) is 18.6. The largest absolute Gasteiger partial charge is 0.478 e. The molecule has 4 aliphatic rings. The number of carboxylic acid groups (broad SMARTS) is 1. The minimum absolute atomic E-state index is 0.0110. The SMILES string of the molecule is O=C(O)c1cccc(C2CCN([C@@H]3C[C@H]4OCC[C@@]4(C(=O)N4COc5ccc(C(F)(F)F)cc5C4)C3)CC2)c1. The highest BCUT2D eigenvalue weighted by Crippen LogP contribution is 2.51. The molecular weight excluding hydrogens is 513 g/mol. The van der Waals surface area contributed by atoms with Crippen LogP contribution in [-0.4, -0.2) is 65.4 Å². The number of fused-ring (bicyclic) bond motifs is 2. The molecule has 10 heteroatoms. The van der Waals surface area contributed by atoms with Crippen LogP contribution in [-0.2, 0) is 22.3 Å². The molecule has 1 amide bonds. The number of carbonyl (C=O) groups excluding carboxylic acids is 1. The van der Waals surface area contributed by atoms with Gasteiger partial charge < -0.3 is 24.4 Å². The predicted octanol–water partition coefficient (Wildman–Crippen LogP) is 4.90. The van der Waals surface area contributed by atoms with Gasteiger partial charge in [-0.2, -0.15) is 13.2 Å². The van der Waals surface area contributed by atoms with Crippen LogP contribution in [0.4, 0.5) is 13.2 Å². The Bertz CT molecular complexity index is 1280. The van der Waals surface area contributed by atoms with Crippen LogP contribution >= 0.6 is 0 Å². The zero-order valence-corrected chi connectivity index (χ0v) is 21.5. The summed E-state index contributed by atoms with van der Waals surface area (Å²) in [6.07, 6.45) is -0.875. The molecule has 0 spiro atoms. The van der Waals surface area contributed by atoms with Gasteiger partial charge >= 0.3 is 12.1 Å². The van der Waals surface area contributed by atoms with Crippen molar-refractivity contribution in [2.45, 2.75) is 62.9 Å². The van der Waals surface area contributed by atoms with Gasteiger partial charge in [0.05, 0.1) is 29.2 Å². The summed E-state index contributed by atoms with van der Waals surface area (Å²) in [4.78, 5) is 29.3. The summed E-state index contributed by atoms with van der Waals surface area (Å²) in [6.45, 7) is 2.29. The van der Waals surface area contributed by atoms with E-state index in [9.17, 15) is 27.9 Å². The number of alkyl halides is 3. The third kappa shape index (κ3) is 4.78. The molecule has 7 nitrogen and oxygen atoms in total. The molecule has 208 valence electrons. The summed E-state index contributed by atoms with van der Waals surface area (Å²) in [5.74, 6) is -0.355. The minimum Gasteiger partial charge on any atom is -0.478 e. The number of likely N-dealkylation sites (tertiary alicyclic amines) is 1. The van der Waals surface area contributed by atoms with Gasteiger partial charge in [0.25, 0.3) is 0 Å². The van der Waals surface area contributed by atoms with E-state index in [0.29, 0.717) is 42.2 Å². The third-order valence-corrected chi connectivity index (χ3v) is 9.06. The van der Waals surface area contributed by atoms with Gasteiger partial charge in [-0.25, -0.2) is 4.79 Å². The molecule has 2 aromatic carbocycles. The molecule has 0 radical (unpaired) electrons. The maximum absolute atomic E-state index is 13.9. The van der Waals surface area contributed by atoms with Gasteiger partial charge in [0.1, 0.15) is 5.75 Å². The number of aromatic carboxylic acids is 1. The van der Waals surface area contributed by atoms with Crippen LogP contribution in [0.25, 0.3) is 0 Å². The summed E-state index contributed by atoms with van der Waals surface area (Å²) in [6, 6.07) is 10.7. The molecule has 2 saturated heterocycles. The summed E-state index contributed by atoms with van der Waals surface area (Å²) >= 11 is 0. The Morgan fingerprint density at radius 2 is 1.87 bits per heavy atom. The fourth-order valence-electron chi connectivity index (χ4n) is 6.98. The zero-order chi connectivity index (χ0) is 27.4. The Morgan fingerprint density at radius 1 is 1.08 bits per heavy atom. The number of piperidine rings is 1. The van der Waals surface area contributed by atoms with E-state index >= 15 is 0 Å². The van der Waals surface area contributed by atoms with Gasteiger partial charge in [-0.05, 0) is 87.0 Å². The van der Waals surface area contributed by atoms with E-state index in [1.165, 1.54) is 11.0 Å². The van der Waals surface area contributed by atoms with Crippen LogP contribution in [0, 0.1) is 5.41 Å². The van der Waals surface area contributed by atoms with E-state index in [1.807, 2.05) is 6.07 Å². The second kappa shape index (κ2) is 9.82. The van der Waals surface area contributed by atoms with Crippen LogP contribution in [0.5, 0.6) is 5.75 Å². The maximum Gasteiger partial charge on any atom is 0.416 e. The van der Waals surface area contributed by atoms with Crippen molar-refractivity contribution in [1.29, 1.82) is 0 Å². The minimum atomic E-state index is -4.46. The number of benzene rings is 2. The molecule has 6 rings (SSSR count). The Morgan fingerprint density at radius 3 is 2.62 bits per heavy atom. The Balaban J connectivity index is 1.13. The smallest absolute Gasteiger partial charge is 0.416 e. The molecule has 0 unspecified atom stereocenters. The average Bonchev–Trinajstić information content (AvgIpc) is 3.50. The number of carbonyl (C=O) groups is 2. The van der Waals surface area contributed by atoms with Crippen molar-refractivity contribution >= 4 is 11.9 Å². The lowest BCUT2D eigenvalue weighted by atomic mass is 9.80. The number of amides is 1. The monoisotopic (exact) mass is 544 g/mol. The Labute approximate surface area is 224 Å². The summed E-state index contributed by atoms with van der Waals surface area (Å²) in [5, 5.41) is 9.32. The van der Waals surface area contributed by atoms with Crippen molar-refractivity contribution in [3.05, 3.63) is 64.7 Å². The number of halogens is 3. The first kappa shape index (κ1) is 26.1. The van der Waals surface area contributed by atoms with E-state index in [2.05, 4.69) is 4.90 Å². The first-order valence-electron chi connectivity index (χ1n) is 13.5. The molecule has 0 aromatic heterocycles. The molecule has 1 N–H and O–H groups in total. The summed E-state index contributed by atoms with van der Waals surface area (Å²) < 4.78 is 51.5. The average molecular weight is 545 g/mol. The van der Waals surface area contributed by atoms with Crippen molar-refractivity contribution < 1.29 is 37.3 Å². The summed E-state index contributed by atoms with van der Waals surface area (Å²) in [7, 11) is 0. The van der Waals surface area contributed by atoms with Gasteiger partial charge in [-0.3, -0.25) is 4.79 Å². The predicted molar refractivity (Wildman–Crippen MR) is 134 cm³/mol. The highest BCUT2D eigenvalue weighted by molar-refractivity contribution is 5.87. The number of ether oxygens (including phenoxy) is 2. The second-order valence-electron chi connectivity index (χ2n) is 11.2. The van der Waals surface area contributed by atoms with Crippen molar-refractivity contribution in [2.24, 2.45) is 5.41 Å². The van der Waals surface area contributed by atoms with Crippen LogP contribution in [0.15, 0.2) is 42.5 Å². The molecule has 3 heterocycles. The topological polar surface area (TPSA) is 79.3 Å². The van der Waals surface area contributed by atoms with Crippen LogP contribution < -0.4 is 4.74 Å². The lowest BCUT2D eigenvalue weighted by Crippen LogP contribution is -2.49. The van der Waals surface area contributed by atoms with E-state index in [-0.39, 0.29) is 31.3 Å². The molecule has 1 aliphatic carbocycles. The van der Waals surface area contributed by atoms with Crippen LogP contribution in [0.1, 0.15) is 65.1 Å². The first-order valence-corrected chi connectivity index (χ1v) is 13.5. The molecule has 0 bridgehead atoms. The van der Waals surface area contributed by atoms with Crippen LogP contribution in [0.3, 0.4) is 0 Å². The molecule has 3 fully saturated rings. The zero-order valence-electron chi connectivity index (χ0n) is 21.5. The van der Waals surface area contributed by atoms with E-state index in [4.69, 9.17) is 9.47 Å². The maximum atomic E-state index is 13.9. The fraction of sp³-hybridized carbons (Fsp3) is 0.517. The lowest BCUT2D eigenvalue weighted by Gasteiger charge is -2.38. The van der Waals surface area contributed by atoms with Crippen molar-refractivity contribution in [3.8, 4) is 5.75 Å². The molecule has 3 atom stereocenters. The van der Waals surface area contributed by atoms with Crippen molar-refractivity contribution in [1.82, 2.24) is 9.80 Å². The molecular formula is C29H31F3N2O5. The molecule has 39 heavy (non-hydrogen) atoms. The quantitative estimate of drug-likeness (QED) is 0.590. The highest BCUT2D eigenvalue weighted by Gasteiger charge is 2.58. The lowest BCUT2D eigenvalue weighted by molar-refractivity contribution is -0.149. The van der Waals surface area contributed by atoms with Crippen molar-refractivity contribution in [2.75, 3.05) is 26.4 Å². The van der Waals surface area contributed by atoms with E-state index < -0.39 is 23.1 Å². The van der Waals surface area contributed by atoms with Crippen molar-refractivity contribution in [3.63, 3.8) is 0 Å². The number of hydrogen-bond acceptors (Lipinski definition) is 5. The van der Waals surface area contributed by atoms with Gasteiger partial charge in [0.2, 0.25) is 5.91 Å². The normalized spacial score (nSPS) is 27.6. The third-order valence-electron chi connectivity index (χ3n) is 9.06. The number of hydrogen-bond donors (Lipinski definition) is 1. The van der Waals surface area contributed by atoms with E-state index in [0.717, 1.165) is 50.0 Å². The second-order valence-corrected chi connectivity index (χ2v) is 11.2. The van der Waals surface area contributed by atoms with Gasteiger partial charge in [0.15, 0.2) is 6.73 Å². The molecule has 1 saturated carbocycles. The molecule has 3 aliphatic heterocycles. The van der Waals surface area contributed by atoms with Gasteiger partial charge in [0, 0.05) is 18.2 Å². The van der Waals surface area contributed by atoms with E-state index in [1.54, 1.807) is 18.2 Å². The van der Waals surface area contributed by atoms with Gasteiger partial charge in [-0.15, -0.1) is 0 Å².